The second-order valence-corrected chi connectivity index (χ2v) is 6.49. The van der Waals surface area contributed by atoms with Gasteiger partial charge in [0.1, 0.15) is 0 Å². The largest absolute Gasteiger partial charge is 0.274 e. The number of nitrogens with zero attached hydrogens (tertiary/aromatic N) is 4. The third-order valence-corrected chi connectivity index (χ3v) is 4.82. The van der Waals surface area contributed by atoms with E-state index in [0.29, 0.717) is 5.56 Å². The lowest BCUT2D eigenvalue weighted by atomic mass is 10.2. The van der Waals surface area contributed by atoms with Crippen molar-refractivity contribution in [2.24, 2.45) is 7.05 Å². The lowest BCUT2D eigenvalue weighted by Crippen LogP contribution is -2.27. The van der Waals surface area contributed by atoms with Crippen LogP contribution < -0.4 is 4.31 Å². The fourth-order valence-electron chi connectivity index (χ4n) is 1.80. The predicted octanol–water partition coefficient (Wildman–Crippen LogP) is 1.46. The lowest BCUT2D eigenvalue weighted by molar-refractivity contribution is -0.385. The summed E-state index contributed by atoms with van der Waals surface area (Å²) in [5.74, 6) is 0.237. The minimum atomic E-state index is -3.90. The Morgan fingerprint density at radius 1 is 1.33 bits per heavy atom. The predicted molar refractivity (Wildman–Crippen MR) is 76.6 cm³/mol. The van der Waals surface area contributed by atoms with Gasteiger partial charge in [-0.1, -0.05) is 6.07 Å². The van der Waals surface area contributed by atoms with Gasteiger partial charge in [-0.2, -0.15) is 5.10 Å². The van der Waals surface area contributed by atoms with Crippen molar-refractivity contribution in [3.05, 3.63) is 46.1 Å². The maximum absolute atomic E-state index is 12.5. The van der Waals surface area contributed by atoms with E-state index in [0.717, 1.165) is 10.4 Å². The first-order chi connectivity index (χ1) is 9.73. The minimum Gasteiger partial charge on any atom is -0.274 e. The molecular weight excluding hydrogens is 296 g/mol. The van der Waals surface area contributed by atoms with Gasteiger partial charge < -0.3 is 0 Å². The second-order valence-electron chi connectivity index (χ2n) is 4.53. The molecule has 2 aromatic rings. The summed E-state index contributed by atoms with van der Waals surface area (Å²) in [6, 6.07) is 5.36. The molecule has 0 N–H and O–H groups in total. The van der Waals surface area contributed by atoms with Gasteiger partial charge in [0.25, 0.3) is 15.7 Å². The molecule has 0 saturated carbocycles. The van der Waals surface area contributed by atoms with E-state index in [2.05, 4.69) is 5.10 Å². The van der Waals surface area contributed by atoms with Crippen molar-refractivity contribution in [2.45, 2.75) is 11.8 Å². The van der Waals surface area contributed by atoms with Gasteiger partial charge >= 0.3 is 0 Å². The summed E-state index contributed by atoms with van der Waals surface area (Å²) in [6.07, 6.45) is 1.61. The third kappa shape index (κ3) is 2.72. The zero-order valence-corrected chi connectivity index (χ0v) is 12.5. The van der Waals surface area contributed by atoms with Crippen LogP contribution in [0.25, 0.3) is 0 Å². The molecular formula is C12H14N4O4S. The number of nitro benzene ring substituents is 1. The molecule has 0 saturated heterocycles. The van der Waals surface area contributed by atoms with E-state index < -0.39 is 14.9 Å². The Kier molecular flexibility index (Phi) is 3.69. The number of sulfonamides is 1. The Labute approximate surface area is 121 Å². The van der Waals surface area contributed by atoms with E-state index in [1.54, 1.807) is 26.2 Å². The molecule has 112 valence electrons. The molecule has 0 aliphatic carbocycles. The molecule has 9 heteroatoms. The summed E-state index contributed by atoms with van der Waals surface area (Å²) in [5.41, 5.74) is 0.171. The maximum Gasteiger partial charge on any atom is 0.273 e. The summed E-state index contributed by atoms with van der Waals surface area (Å²) in [6.45, 7) is 1.55. The van der Waals surface area contributed by atoms with Gasteiger partial charge in [0, 0.05) is 38.0 Å². The van der Waals surface area contributed by atoms with Crippen molar-refractivity contribution in [1.82, 2.24) is 9.78 Å². The highest BCUT2D eigenvalue weighted by Crippen LogP contribution is 2.25. The standard InChI is InChI=1S/C12H14N4O4S/c1-9-4-5-10(8-11(9)16(17)18)21(19,20)15(3)12-6-7-14(2)13-12/h4-8H,1-3H3. The van der Waals surface area contributed by atoms with Crippen molar-refractivity contribution in [2.75, 3.05) is 11.4 Å². The highest BCUT2D eigenvalue weighted by Gasteiger charge is 2.25. The van der Waals surface area contributed by atoms with E-state index in [1.807, 2.05) is 0 Å². The fraction of sp³-hybridized carbons (Fsp3) is 0.250. The van der Waals surface area contributed by atoms with Crippen LogP contribution in [-0.2, 0) is 17.1 Å². The molecule has 2 rings (SSSR count). The normalized spacial score (nSPS) is 11.4. The number of hydrogen-bond acceptors (Lipinski definition) is 5. The smallest absolute Gasteiger partial charge is 0.273 e. The topological polar surface area (TPSA) is 98.3 Å². The van der Waals surface area contributed by atoms with Crippen molar-refractivity contribution in [1.29, 1.82) is 0 Å². The van der Waals surface area contributed by atoms with E-state index in [9.17, 15) is 18.5 Å². The quantitative estimate of drug-likeness (QED) is 0.629. The highest BCUT2D eigenvalue weighted by molar-refractivity contribution is 7.92. The highest BCUT2D eigenvalue weighted by atomic mass is 32.2. The number of nitro groups is 1. The van der Waals surface area contributed by atoms with Crippen molar-refractivity contribution >= 4 is 21.5 Å². The van der Waals surface area contributed by atoms with E-state index in [-0.39, 0.29) is 16.4 Å². The Morgan fingerprint density at radius 3 is 2.52 bits per heavy atom. The molecule has 8 nitrogen and oxygen atoms in total. The summed E-state index contributed by atoms with van der Waals surface area (Å²) < 4.78 is 27.4. The molecule has 0 fully saturated rings. The molecule has 0 aliphatic heterocycles. The van der Waals surface area contributed by atoms with Gasteiger partial charge in [0.15, 0.2) is 5.82 Å². The number of aromatic nitrogens is 2. The van der Waals surface area contributed by atoms with Gasteiger partial charge in [0.05, 0.1) is 9.82 Å². The van der Waals surface area contributed by atoms with Crippen molar-refractivity contribution in [3.8, 4) is 0 Å². The first kappa shape index (κ1) is 15.0. The van der Waals surface area contributed by atoms with Crippen LogP contribution in [0, 0.1) is 17.0 Å². The molecule has 0 atom stereocenters. The number of rotatable bonds is 4. The molecule has 0 bridgehead atoms. The second kappa shape index (κ2) is 5.17. The van der Waals surface area contributed by atoms with E-state index >= 15 is 0 Å². The molecule has 1 heterocycles. The first-order valence-corrected chi connectivity index (χ1v) is 7.41. The summed E-state index contributed by atoms with van der Waals surface area (Å²) in [4.78, 5) is 10.2. The van der Waals surface area contributed by atoms with Crippen LogP contribution in [-0.4, -0.2) is 30.2 Å². The summed E-state index contributed by atoms with van der Waals surface area (Å²) in [7, 11) is -0.881. The zero-order valence-electron chi connectivity index (χ0n) is 11.7. The zero-order chi connectivity index (χ0) is 15.8. The van der Waals surface area contributed by atoms with Crippen molar-refractivity contribution in [3.63, 3.8) is 0 Å². The number of aryl methyl sites for hydroxylation is 2. The van der Waals surface area contributed by atoms with Crippen LogP contribution in [0.15, 0.2) is 35.4 Å². The number of benzene rings is 1. The molecule has 0 spiro atoms. The lowest BCUT2D eigenvalue weighted by Gasteiger charge is -2.16. The average molecular weight is 310 g/mol. The summed E-state index contributed by atoms with van der Waals surface area (Å²) in [5, 5.41) is 14.9. The van der Waals surface area contributed by atoms with Crippen LogP contribution in [0.2, 0.25) is 0 Å². The van der Waals surface area contributed by atoms with E-state index in [1.165, 1.54) is 23.9 Å². The third-order valence-electron chi connectivity index (χ3n) is 3.06. The van der Waals surface area contributed by atoms with Crippen molar-refractivity contribution < 1.29 is 13.3 Å². The number of hydrogen-bond donors (Lipinski definition) is 0. The SMILES string of the molecule is Cc1ccc(S(=O)(=O)N(C)c2ccn(C)n2)cc1[N+](=O)[O-]. The Bertz CT molecular complexity index is 797. The fourth-order valence-corrected chi connectivity index (χ4v) is 2.96. The van der Waals surface area contributed by atoms with E-state index in [4.69, 9.17) is 0 Å². The number of anilines is 1. The van der Waals surface area contributed by atoms with Gasteiger partial charge in [-0.05, 0) is 13.0 Å². The van der Waals surface area contributed by atoms with Gasteiger partial charge in [-0.15, -0.1) is 0 Å². The molecule has 0 aliphatic rings. The monoisotopic (exact) mass is 310 g/mol. The molecule has 21 heavy (non-hydrogen) atoms. The molecule has 1 aromatic carbocycles. The van der Waals surface area contributed by atoms with Crippen LogP contribution in [0.4, 0.5) is 11.5 Å². The Morgan fingerprint density at radius 2 is 2.00 bits per heavy atom. The molecule has 0 amide bonds. The van der Waals surface area contributed by atoms with Gasteiger partial charge in [-0.3, -0.25) is 19.1 Å². The van der Waals surface area contributed by atoms with Crippen LogP contribution in [0.1, 0.15) is 5.56 Å². The molecule has 1 aromatic heterocycles. The van der Waals surface area contributed by atoms with Gasteiger partial charge in [-0.25, -0.2) is 8.42 Å². The molecule has 0 unspecified atom stereocenters. The average Bonchev–Trinajstić information content (AvgIpc) is 2.84. The minimum absolute atomic E-state index is 0.145. The maximum atomic E-state index is 12.5. The Hall–Kier alpha value is -2.42. The van der Waals surface area contributed by atoms with Crippen LogP contribution >= 0.6 is 0 Å². The first-order valence-electron chi connectivity index (χ1n) is 5.97. The summed E-state index contributed by atoms with van der Waals surface area (Å²) >= 11 is 0. The Balaban J connectivity index is 2.49. The van der Waals surface area contributed by atoms with Crippen LogP contribution in [0.3, 0.4) is 0 Å². The molecule has 0 radical (unpaired) electrons. The van der Waals surface area contributed by atoms with Crippen LogP contribution in [0.5, 0.6) is 0 Å². The van der Waals surface area contributed by atoms with Gasteiger partial charge in [0.2, 0.25) is 0 Å².